The fourth-order valence-corrected chi connectivity index (χ4v) is 5.30. The van der Waals surface area contributed by atoms with Crippen molar-refractivity contribution in [3.8, 4) is 17.0 Å². The molecule has 4 aromatic rings. The number of ether oxygens (including phenoxy) is 1. The van der Waals surface area contributed by atoms with Crippen LogP contribution in [0.15, 0.2) is 53.1 Å². The first-order chi connectivity index (χ1) is 18.1. The van der Waals surface area contributed by atoms with Crippen molar-refractivity contribution in [2.45, 2.75) is 64.3 Å². The summed E-state index contributed by atoms with van der Waals surface area (Å²) in [6, 6.07) is 14.2. The molecule has 2 fully saturated rings. The molecule has 1 aliphatic carbocycles. The van der Waals surface area contributed by atoms with Gasteiger partial charge in [0.2, 0.25) is 0 Å². The van der Waals surface area contributed by atoms with E-state index >= 15 is 4.39 Å². The van der Waals surface area contributed by atoms with Crippen molar-refractivity contribution in [2.24, 2.45) is 0 Å². The molecule has 5 nitrogen and oxygen atoms in total. The molecule has 9 heteroatoms. The van der Waals surface area contributed by atoms with Crippen molar-refractivity contribution in [1.29, 1.82) is 0 Å². The lowest BCUT2D eigenvalue weighted by Crippen LogP contribution is -2.41. The molecule has 0 amide bonds. The summed E-state index contributed by atoms with van der Waals surface area (Å²) in [5.41, 5.74) is 1.77. The molecule has 0 radical (unpaired) electrons. The second kappa shape index (κ2) is 9.27. The first kappa shape index (κ1) is 25.7. The highest BCUT2D eigenvalue weighted by Crippen LogP contribution is 2.46. The molecule has 0 N–H and O–H groups in total. The fourth-order valence-electron chi connectivity index (χ4n) is 4.73. The van der Waals surface area contributed by atoms with Crippen LogP contribution in [0.4, 0.5) is 4.39 Å². The zero-order chi connectivity index (χ0) is 26.8. The van der Waals surface area contributed by atoms with Gasteiger partial charge in [0.25, 0.3) is 0 Å². The second-order valence-corrected chi connectivity index (χ2v) is 11.8. The van der Waals surface area contributed by atoms with Gasteiger partial charge in [-0.3, -0.25) is 0 Å². The third kappa shape index (κ3) is 4.39. The molecular weight excluding hydrogens is 527 g/mol. The van der Waals surface area contributed by atoms with E-state index in [1.807, 2.05) is 45.9 Å². The van der Waals surface area contributed by atoms with Crippen molar-refractivity contribution >= 4 is 46.6 Å². The quantitative estimate of drug-likeness (QED) is 0.229. The second-order valence-electron chi connectivity index (χ2n) is 11.0. The molecule has 0 spiro atoms. The average Bonchev–Trinajstić information content (AvgIpc) is 3.58. The topological polar surface area (TPSA) is 53.7 Å². The molecule has 0 unspecified atom stereocenters. The number of hydrogen-bond acceptors (Lipinski definition) is 5. The number of hydrogen-bond donors (Lipinski definition) is 0. The number of nitrogens with zero attached hydrogens (tertiary/aromatic N) is 1. The van der Waals surface area contributed by atoms with E-state index in [0.29, 0.717) is 26.7 Å². The summed E-state index contributed by atoms with van der Waals surface area (Å²) in [4.78, 5) is 0. The first-order valence-electron chi connectivity index (χ1n) is 12.7. The molecule has 1 saturated carbocycles. The third-order valence-corrected chi connectivity index (χ3v) is 8.44. The average molecular weight is 554 g/mol. The molecule has 196 valence electrons. The molecule has 3 aromatic carbocycles. The van der Waals surface area contributed by atoms with Crippen LogP contribution in [0.3, 0.4) is 0 Å². The van der Waals surface area contributed by atoms with Gasteiger partial charge in [0, 0.05) is 16.9 Å². The Bertz CT molecular complexity index is 1510. The van der Waals surface area contributed by atoms with E-state index in [2.05, 4.69) is 5.16 Å². The Balaban J connectivity index is 1.29. The monoisotopic (exact) mass is 553 g/mol. The molecule has 6 rings (SSSR count). The van der Waals surface area contributed by atoms with Crippen LogP contribution >= 0.6 is 23.2 Å². The zero-order valence-corrected chi connectivity index (χ0v) is 23.1. The standard InChI is InChI=1S/C29H27BCl2FNO4/c1-28(2)29(3,4)38-30(37-28)18-11-12-19-17(14-18)10-13-23(25(19)33)35-15-20-26(34-36-27(20)16-8-9-16)24-21(31)6-5-7-22(24)32/h5-7,10-14,16H,8-9,15H2,1-4H3. The number of fused-ring (bicyclic) bond motifs is 1. The number of halogens is 3. The lowest BCUT2D eigenvalue weighted by molar-refractivity contribution is 0.00578. The van der Waals surface area contributed by atoms with Crippen LogP contribution in [0.1, 0.15) is 57.8 Å². The predicted molar refractivity (Wildman–Crippen MR) is 148 cm³/mol. The summed E-state index contributed by atoms with van der Waals surface area (Å²) < 4.78 is 39.6. The lowest BCUT2D eigenvalue weighted by Gasteiger charge is -2.32. The number of benzene rings is 3. The molecule has 0 atom stereocenters. The summed E-state index contributed by atoms with van der Waals surface area (Å²) in [5, 5.41) is 6.38. The fraction of sp³-hybridized carbons (Fsp3) is 0.345. The number of aromatic nitrogens is 1. The van der Waals surface area contributed by atoms with Gasteiger partial charge in [-0.1, -0.05) is 58.7 Å². The van der Waals surface area contributed by atoms with Gasteiger partial charge < -0.3 is 18.6 Å². The minimum Gasteiger partial charge on any atom is -0.486 e. The Morgan fingerprint density at radius 3 is 2.34 bits per heavy atom. The Labute approximate surface area is 231 Å². The maximum atomic E-state index is 15.6. The van der Waals surface area contributed by atoms with E-state index in [0.717, 1.165) is 35.0 Å². The van der Waals surface area contributed by atoms with Crippen LogP contribution in [0.2, 0.25) is 10.0 Å². The van der Waals surface area contributed by atoms with Gasteiger partial charge in [0.15, 0.2) is 11.6 Å². The van der Waals surface area contributed by atoms with E-state index in [4.69, 9.17) is 41.8 Å². The smallest absolute Gasteiger partial charge is 0.486 e. The zero-order valence-electron chi connectivity index (χ0n) is 21.6. The third-order valence-electron chi connectivity index (χ3n) is 7.81. The molecular formula is C29H27BCl2FNO4. The van der Waals surface area contributed by atoms with Crippen molar-refractivity contribution in [3.63, 3.8) is 0 Å². The summed E-state index contributed by atoms with van der Waals surface area (Å²) >= 11 is 12.9. The van der Waals surface area contributed by atoms with E-state index in [-0.39, 0.29) is 18.3 Å². The largest absolute Gasteiger partial charge is 0.494 e. The van der Waals surface area contributed by atoms with E-state index < -0.39 is 24.1 Å². The van der Waals surface area contributed by atoms with Crippen LogP contribution in [0.5, 0.6) is 5.75 Å². The minimum absolute atomic E-state index is 0.0701. The van der Waals surface area contributed by atoms with Gasteiger partial charge >= 0.3 is 7.12 Å². The molecule has 0 bridgehead atoms. The molecule has 1 aromatic heterocycles. The minimum atomic E-state index is -0.520. The van der Waals surface area contributed by atoms with Crippen molar-refractivity contribution < 1.29 is 23.0 Å². The lowest BCUT2D eigenvalue weighted by atomic mass is 9.78. The molecule has 38 heavy (non-hydrogen) atoms. The molecule has 1 saturated heterocycles. The van der Waals surface area contributed by atoms with Gasteiger partial charge in [-0.15, -0.1) is 0 Å². The van der Waals surface area contributed by atoms with E-state index in [1.165, 1.54) is 0 Å². The van der Waals surface area contributed by atoms with Crippen molar-refractivity contribution in [2.75, 3.05) is 0 Å². The summed E-state index contributed by atoms with van der Waals surface area (Å²) in [7, 11) is -0.520. The Morgan fingerprint density at radius 2 is 1.68 bits per heavy atom. The van der Waals surface area contributed by atoms with Gasteiger partial charge in [0.1, 0.15) is 18.1 Å². The SMILES string of the molecule is CC1(C)OB(c2ccc3c(F)c(OCc4c(-c5c(Cl)cccc5Cl)noc4C4CC4)ccc3c2)OC1(C)C. The summed E-state index contributed by atoms with van der Waals surface area (Å²) in [5.74, 6) is 0.708. The van der Waals surface area contributed by atoms with Crippen LogP contribution in [-0.4, -0.2) is 23.5 Å². The van der Waals surface area contributed by atoms with Gasteiger partial charge in [-0.05, 0) is 69.6 Å². The first-order valence-corrected chi connectivity index (χ1v) is 13.4. The number of rotatable bonds is 6. The van der Waals surface area contributed by atoms with E-state index in [1.54, 1.807) is 30.3 Å². The van der Waals surface area contributed by atoms with E-state index in [9.17, 15) is 0 Å². The predicted octanol–water partition coefficient (Wildman–Crippen LogP) is 7.70. The molecule has 1 aliphatic heterocycles. The van der Waals surface area contributed by atoms with Gasteiger partial charge in [-0.25, -0.2) is 4.39 Å². The normalized spacial score (nSPS) is 18.3. The highest BCUT2D eigenvalue weighted by molar-refractivity contribution is 6.62. The summed E-state index contributed by atoms with van der Waals surface area (Å²) in [6.45, 7) is 8.10. The van der Waals surface area contributed by atoms with Crippen molar-refractivity contribution in [3.05, 3.63) is 75.7 Å². The van der Waals surface area contributed by atoms with Crippen LogP contribution in [0, 0.1) is 5.82 Å². The Kier molecular flexibility index (Phi) is 6.26. The van der Waals surface area contributed by atoms with Crippen LogP contribution < -0.4 is 10.2 Å². The Hall–Kier alpha value is -2.58. The summed E-state index contributed by atoms with van der Waals surface area (Å²) in [6.07, 6.45) is 2.01. The van der Waals surface area contributed by atoms with Crippen LogP contribution in [0.25, 0.3) is 22.0 Å². The van der Waals surface area contributed by atoms with Gasteiger partial charge in [-0.2, -0.15) is 0 Å². The highest BCUT2D eigenvalue weighted by atomic mass is 35.5. The van der Waals surface area contributed by atoms with Crippen LogP contribution in [-0.2, 0) is 15.9 Å². The molecule has 2 heterocycles. The highest BCUT2D eigenvalue weighted by Gasteiger charge is 2.51. The van der Waals surface area contributed by atoms with Gasteiger partial charge in [0.05, 0.1) is 26.8 Å². The molecule has 2 aliphatic rings. The van der Waals surface area contributed by atoms with Crippen molar-refractivity contribution in [1.82, 2.24) is 5.16 Å². The maximum absolute atomic E-state index is 15.6. The Morgan fingerprint density at radius 1 is 1.00 bits per heavy atom. The maximum Gasteiger partial charge on any atom is 0.494 e.